The van der Waals surface area contributed by atoms with E-state index in [-0.39, 0.29) is 50.5 Å². The largest absolute Gasteiger partial charge is 0.480 e. The van der Waals surface area contributed by atoms with Crippen LogP contribution in [0.4, 0.5) is 13.6 Å². The Morgan fingerprint density at radius 1 is 1.03 bits per heavy atom. The maximum Gasteiger partial charge on any atom is 0.407 e. The van der Waals surface area contributed by atoms with Gasteiger partial charge in [0.1, 0.15) is 12.6 Å². The molecule has 2 aromatic rings. The van der Waals surface area contributed by atoms with Gasteiger partial charge in [-0.3, -0.25) is 0 Å². The van der Waals surface area contributed by atoms with Gasteiger partial charge in [-0.05, 0) is 47.4 Å². The minimum Gasteiger partial charge on any atom is -0.480 e. The molecule has 1 unspecified atom stereocenters. The number of amides is 1. The molecule has 164 valence electrons. The van der Waals surface area contributed by atoms with E-state index in [2.05, 4.69) is 5.32 Å². The van der Waals surface area contributed by atoms with E-state index < -0.39 is 24.0 Å². The van der Waals surface area contributed by atoms with E-state index >= 15 is 0 Å². The van der Waals surface area contributed by atoms with E-state index in [0.717, 1.165) is 22.3 Å². The number of carbonyl (C=O) groups is 2. The second-order valence-corrected chi connectivity index (χ2v) is 8.40. The van der Waals surface area contributed by atoms with E-state index in [0.29, 0.717) is 0 Å². The quantitative estimate of drug-likeness (QED) is 0.662. The standard InChI is InChI=1S/C24H25F2NO4/c25-24(26)11-9-15(10-12-24)13-21(22(28)29)27-23(30)31-14-20-18-7-3-1-5-16(18)17-6-2-4-8-19(17)20/h1-8,15,20-21H,9-14H2,(H,27,30)(H,28,29). The monoisotopic (exact) mass is 429 g/mol. The molecule has 31 heavy (non-hydrogen) atoms. The lowest BCUT2D eigenvalue weighted by Gasteiger charge is -2.29. The van der Waals surface area contributed by atoms with Crippen molar-refractivity contribution in [2.24, 2.45) is 5.92 Å². The summed E-state index contributed by atoms with van der Waals surface area (Å²) in [5.74, 6) is -4.14. The van der Waals surface area contributed by atoms with E-state index in [4.69, 9.17) is 4.74 Å². The van der Waals surface area contributed by atoms with Gasteiger partial charge in [-0.2, -0.15) is 0 Å². The number of carboxylic acid groups (broad SMARTS) is 1. The third-order valence-electron chi connectivity index (χ3n) is 6.34. The number of alkyl carbamates (subject to hydrolysis) is 1. The van der Waals surface area contributed by atoms with Crippen molar-refractivity contribution in [3.05, 3.63) is 59.7 Å². The molecule has 2 aliphatic carbocycles. The number of carbonyl (C=O) groups excluding carboxylic acids is 1. The van der Waals surface area contributed by atoms with E-state index in [1.807, 2.05) is 48.5 Å². The minimum absolute atomic E-state index is 0.0852. The molecular formula is C24H25F2NO4. The molecule has 1 amide bonds. The van der Waals surface area contributed by atoms with Gasteiger partial charge >= 0.3 is 12.1 Å². The van der Waals surface area contributed by atoms with E-state index in [1.54, 1.807) is 0 Å². The third kappa shape index (κ3) is 4.70. The smallest absolute Gasteiger partial charge is 0.407 e. The van der Waals surface area contributed by atoms with Gasteiger partial charge in [-0.15, -0.1) is 0 Å². The number of alkyl halides is 2. The number of nitrogens with one attached hydrogen (secondary N) is 1. The lowest BCUT2D eigenvalue weighted by molar-refractivity contribution is -0.140. The number of rotatable bonds is 6. The molecule has 0 aromatic heterocycles. The van der Waals surface area contributed by atoms with Crippen LogP contribution in [-0.4, -0.2) is 35.7 Å². The van der Waals surface area contributed by atoms with Crippen LogP contribution >= 0.6 is 0 Å². The zero-order valence-corrected chi connectivity index (χ0v) is 17.0. The van der Waals surface area contributed by atoms with Crippen molar-refractivity contribution < 1.29 is 28.2 Å². The molecule has 0 radical (unpaired) electrons. The van der Waals surface area contributed by atoms with Crippen LogP contribution in [0.1, 0.15) is 49.1 Å². The van der Waals surface area contributed by atoms with Crippen molar-refractivity contribution in [2.45, 2.75) is 50.0 Å². The molecule has 0 heterocycles. The van der Waals surface area contributed by atoms with Crippen molar-refractivity contribution in [3.8, 4) is 11.1 Å². The predicted molar refractivity (Wildman–Crippen MR) is 111 cm³/mol. The molecule has 4 rings (SSSR count). The highest BCUT2D eigenvalue weighted by atomic mass is 19.3. The first-order valence-corrected chi connectivity index (χ1v) is 10.6. The normalized spacial score (nSPS) is 18.6. The zero-order valence-electron chi connectivity index (χ0n) is 17.0. The fourth-order valence-corrected chi connectivity index (χ4v) is 4.67. The number of halogens is 2. The van der Waals surface area contributed by atoms with Crippen LogP contribution in [0, 0.1) is 5.92 Å². The third-order valence-corrected chi connectivity index (χ3v) is 6.34. The number of ether oxygens (including phenoxy) is 1. The van der Waals surface area contributed by atoms with Gasteiger partial charge in [0.2, 0.25) is 5.92 Å². The first kappa shape index (κ1) is 21.3. The number of benzene rings is 2. The second-order valence-electron chi connectivity index (χ2n) is 8.40. The highest BCUT2D eigenvalue weighted by Crippen LogP contribution is 2.44. The molecular weight excluding hydrogens is 404 g/mol. The molecule has 1 atom stereocenters. The molecule has 2 aliphatic rings. The Hall–Kier alpha value is -2.96. The summed E-state index contributed by atoms with van der Waals surface area (Å²) in [5, 5.41) is 11.9. The SMILES string of the molecule is O=C(NC(CC1CCC(F)(F)CC1)C(=O)O)OCC1c2ccccc2-c2ccccc21. The number of hydrogen-bond acceptors (Lipinski definition) is 3. The van der Waals surface area contributed by atoms with Crippen molar-refractivity contribution in [1.82, 2.24) is 5.32 Å². The molecule has 0 bridgehead atoms. The average molecular weight is 429 g/mol. The Balaban J connectivity index is 1.37. The van der Waals surface area contributed by atoms with E-state index in [1.165, 1.54) is 0 Å². The summed E-state index contributed by atoms with van der Waals surface area (Å²) in [6, 6.07) is 14.7. The molecule has 0 spiro atoms. The van der Waals surface area contributed by atoms with Gasteiger partial charge in [0, 0.05) is 18.8 Å². The summed E-state index contributed by atoms with van der Waals surface area (Å²) >= 11 is 0. The number of hydrogen-bond donors (Lipinski definition) is 2. The fourth-order valence-electron chi connectivity index (χ4n) is 4.67. The molecule has 1 fully saturated rings. The highest BCUT2D eigenvalue weighted by molar-refractivity contribution is 5.81. The molecule has 2 N–H and O–H groups in total. The Bertz CT molecular complexity index is 922. The molecule has 5 nitrogen and oxygen atoms in total. The van der Waals surface area contributed by atoms with Gasteiger partial charge in [-0.1, -0.05) is 48.5 Å². The summed E-state index contributed by atoms with van der Waals surface area (Å²) in [6.45, 7) is 0.0852. The number of fused-ring (bicyclic) bond motifs is 3. The first-order valence-electron chi connectivity index (χ1n) is 10.6. The maximum absolute atomic E-state index is 13.3. The molecule has 2 aromatic carbocycles. The van der Waals surface area contributed by atoms with Crippen LogP contribution in [0.3, 0.4) is 0 Å². The Morgan fingerprint density at radius 3 is 2.13 bits per heavy atom. The van der Waals surface area contributed by atoms with Gasteiger partial charge < -0.3 is 15.2 Å². The van der Waals surface area contributed by atoms with Crippen molar-refractivity contribution in [2.75, 3.05) is 6.61 Å². The number of carboxylic acids is 1. The van der Waals surface area contributed by atoms with Crippen LogP contribution in [0.25, 0.3) is 11.1 Å². The summed E-state index contributed by atoms with van der Waals surface area (Å²) in [7, 11) is 0. The summed E-state index contributed by atoms with van der Waals surface area (Å²) in [6.07, 6.45) is -0.665. The summed E-state index contributed by atoms with van der Waals surface area (Å²) in [4.78, 5) is 24.0. The summed E-state index contributed by atoms with van der Waals surface area (Å²) in [5.41, 5.74) is 4.33. The van der Waals surface area contributed by atoms with Crippen molar-refractivity contribution >= 4 is 12.1 Å². The number of aliphatic carboxylic acids is 1. The fraction of sp³-hybridized carbons (Fsp3) is 0.417. The average Bonchev–Trinajstić information content (AvgIpc) is 3.07. The summed E-state index contributed by atoms with van der Waals surface area (Å²) < 4.78 is 32.1. The zero-order chi connectivity index (χ0) is 22.0. The van der Waals surface area contributed by atoms with Crippen molar-refractivity contribution in [3.63, 3.8) is 0 Å². The van der Waals surface area contributed by atoms with Crippen LogP contribution in [-0.2, 0) is 9.53 Å². The minimum atomic E-state index is -2.67. The van der Waals surface area contributed by atoms with Gasteiger partial charge in [-0.25, -0.2) is 18.4 Å². The molecule has 0 aliphatic heterocycles. The molecule has 7 heteroatoms. The maximum atomic E-state index is 13.3. The van der Waals surface area contributed by atoms with Crippen LogP contribution < -0.4 is 5.32 Å². The Labute approximate surface area is 179 Å². The lowest BCUT2D eigenvalue weighted by Crippen LogP contribution is -2.43. The Morgan fingerprint density at radius 2 is 1.58 bits per heavy atom. The van der Waals surface area contributed by atoms with E-state index in [9.17, 15) is 23.5 Å². The Kier molecular flexibility index (Phi) is 5.94. The molecule has 1 saturated carbocycles. The van der Waals surface area contributed by atoms with Crippen LogP contribution in [0.15, 0.2) is 48.5 Å². The predicted octanol–water partition coefficient (Wildman–Crippen LogP) is 5.19. The second kappa shape index (κ2) is 8.65. The van der Waals surface area contributed by atoms with Gasteiger partial charge in [0.25, 0.3) is 0 Å². The lowest BCUT2D eigenvalue weighted by atomic mass is 9.83. The van der Waals surface area contributed by atoms with Crippen LogP contribution in [0.2, 0.25) is 0 Å². The van der Waals surface area contributed by atoms with Gasteiger partial charge in [0.15, 0.2) is 0 Å². The van der Waals surface area contributed by atoms with Crippen molar-refractivity contribution in [1.29, 1.82) is 0 Å². The topological polar surface area (TPSA) is 75.6 Å². The first-order chi connectivity index (χ1) is 14.8. The molecule has 0 saturated heterocycles. The highest BCUT2D eigenvalue weighted by Gasteiger charge is 2.37. The van der Waals surface area contributed by atoms with Gasteiger partial charge in [0.05, 0.1) is 0 Å². The van der Waals surface area contributed by atoms with Crippen LogP contribution in [0.5, 0.6) is 0 Å².